The van der Waals surface area contributed by atoms with Crippen molar-refractivity contribution in [2.75, 3.05) is 0 Å². The average Bonchev–Trinajstić information content (AvgIpc) is 3.26. The van der Waals surface area contributed by atoms with Crippen molar-refractivity contribution in [1.82, 2.24) is 4.90 Å². The van der Waals surface area contributed by atoms with Crippen molar-refractivity contribution in [3.8, 4) is 0 Å². The highest BCUT2D eigenvalue weighted by Gasteiger charge is 2.64. The van der Waals surface area contributed by atoms with Gasteiger partial charge in [0.25, 0.3) is 0 Å². The van der Waals surface area contributed by atoms with E-state index in [9.17, 15) is 4.79 Å². The molecule has 0 unspecified atom stereocenters. The molecule has 9 nitrogen and oxygen atoms in total. The number of ether oxygens (including phenoxy) is 3. The largest absolute Gasteiger partial charge is 0.459 e. The molecule has 9 heteroatoms. The molecule has 2 amide bonds. The Morgan fingerprint density at radius 2 is 0.750 bits per heavy atom. The van der Waals surface area contributed by atoms with Crippen LogP contribution in [-0.2, 0) is 54.0 Å². The Kier molecular flexibility index (Phi) is 12.7. The van der Waals surface area contributed by atoms with Crippen molar-refractivity contribution in [3.63, 3.8) is 0 Å². The Hall–Kier alpha value is -7.00. The first-order valence-electron chi connectivity index (χ1n) is 18.2. The van der Waals surface area contributed by atoms with Crippen molar-refractivity contribution < 1.29 is 33.4 Å². The van der Waals surface area contributed by atoms with E-state index in [4.69, 9.17) is 19.9 Å². The molecule has 0 aliphatic carbocycles. The average molecular weight is 747 g/mol. The highest BCUT2D eigenvalue weighted by molar-refractivity contribution is 6.08. The summed E-state index contributed by atoms with van der Waals surface area (Å²) in [5.74, 6) is -3.09. The van der Waals surface area contributed by atoms with Gasteiger partial charge >= 0.3 is 18.0 Å². The summed E-state index contributed by atoms with van der Waals surface area (Å²) < 4.78 is 18.3. The fourth-order valence-corrected chi connectivity index (χ4v) is 6.86. The molecule has 0 aliphatic heterocycles. The summed E-state index contributed by atoms with van der Waals surface area (Å²) in [6.45, 7) is -0.730. The van der Waals surface area contributed by atoms with E-state index in [1.54, 1.807) is 133 Å². The number of carbonyl (C=O) groups excluding carboxylic acids is 4. The number of nitrogens with two attached hydrogens (primary N) is 1. The second kappa shape index (κ2) is 18.4. The maximum absolute atomic E-state index is 15.5. The van der Waals surface area contributed by atoms with Gasteiger partial charge in [-0.3, -0.25) is 9.69 Å². The molecule has 0 atom stereocenters. The maximum atomic E-state index is 15.5. The monoisotopic (exact) mass is 746 g/mol. The minimum absolute atomic E-state index is 0.214. The van der Waals surface area contributed by atoms with Crippen molar-refractivity contribution >= 4 is 23.9 Å². The number of amides is 2. The molecule has 56 heavy (non-hydrogen) atoms. The number of hydrogen-bond donors (Lipinski definition) is 1. The van der Waals surface area contributed by atoms with Crippen LogP contribution in [0.25, 0.3) is 0 Å². The number of carbonyl (C=O) groups is 4. The number of hydrogen-bond acceptors (Lipinski definition) is 7. The molecule has 0 spiro atoms. The molecule has 0 heterocycles. The molecule has 282 valence electrons. The molecule has 0 aliphatic rings. The van der Waals surface area contributed by atoms with Gasteiger partial charge in [0.15, 0.2) is 0 Å². The van der Waals surface area contributed by atoms with Gasteiger partial charge in [0.1, 0.15) is 25.4 Å². The first-order valence-corrected chi connectivity index (χ1v) is 18.2. The second-order valence-electron chi connectivity index (χ2n) is 13.1. The molecule has 6 rings (SSSR count). The standard InChI is InChI=1S/C47H42N2O7/c48-42(50)31-32-46(43(51)54-33-36-19-7-1-8-20-36,44(52)55-34-37-21-9-2-10-22-37)49(45(53)56-35-38-23-11-3-12-24-38)47(39-25-13-4-14-26-39,40-27-15-5-16-28-40)41-29-17-6-18-30-41/h1-30H,31-35H2,(H2,48,50). The predicted octanol–water partition coefficient (Wildman–Crippen LogP) is 8.11. The summed E-state index contributed by atoms with van der Waals surface area (Å²) in [5.41, 5.74) is 4.77. The lowest BCUT2D eigenvalue weighted by molar-refractivity contribution is -0.180. The van der Waals surface area contributed by atoms with Gasteiger partial charge in [-0.2, -0.15) is 0 Å². The van der Waals surface area contributed by atoms with Gasteiger partial charge < -0.3 is 19.9 Å². The third-order valence-electron chi connectivity index (χ3n) is 9.51. The Morgan fingerprint density at radius 1 is 0.446 bits per heavy atom. The van der Waals surface area contributed by atoms with E-state index in [-0.39, 0.29) is 19.8 Å². The van der Waals surface area contributed by atoms with Crippen LogP contribution in [0.3, 0.4) is 0 Å². The SMILES string of the molecule is NC(=O)CCC(C(=O)OCc1ccccc1)(C(=O)OCc1ccccc1)N(C(=O)OCc1ccccc1)C(c1ccccc1)(c1ccccc1)c1ccccc1. The smallest absolute Gasteiger partial charge is 0.412 e. The predicted molar refractivity (Wildman–Crippen MR) is 211 cm³/mol. The maximum Gasteiger partial charge on any atom is 0.412 e. The fourth-order valence-electron chi connectivity index (χ4n) is 6.86. The molecule has 0 fully saturated rings. The van der Waals surface area contributed by atoms with E-state index >= 15 is 14.4 Å². The lowest BCUT2D eigenvalue weighted by atomic mass is 9.72. The number of benzene rings is 6. The first-order chi connectivity index (χ1) is 27.4. The Labute approximate surface area is 326 Å². The van der Waals surface area contributed by atoms with Crippen LogP contribution in [-0.4, -0.2) is 34.4 Å². The molecule has 6 aromatic carbocycles. The molecule has 2 N–H and O–H groups in total. The molecular weight excluding hydrogens is 705 g/mol. The van der Waals surface area contributed by atoms with Crippen LogP contribution >= 0.6 is 0 Å². The van der Waals surface area contributed by atoms with Crippen LogP contribution in [0.2, 0.25) is 0 Å². The third kappa shape index (κ3) is 8.53. The van der Waals surface area contributed by atoms with Crippen molar-refractivity contribution in [1.29, 1.82) is 0 Å². The van der Waals surface area contributed by atoms with Gasteiger partial charge in [0.05, 0.1) is 0 Å². The van der Waals surface area contributed by atoms with E-state index in [0.717, 1.165) is 4.90 Å². The van der Waals surface area contributed by atoms with E-state index in [1.165, 1.54) is 0 Å². The zero-order chi connectivity index (χ0) is 39.2. The third-order valence-corrected chi connectivity index (χ3v) is 9.51. The minimum atomic E-state index is -2.67. The van der Waals surface area contributed by atoms with Crippen LogP contribution in [0, 0.1) is 0 Å². The summed E-state index contributed by atoms with van der Waals surface area (Å²) in [6.07, 6.45) is -2.15. The summed E-state index contributed by atoms with van der Waals surface area (Å²) in [5, 5.41) is 0. The Balaban J connectivity index is 1.68. The Bertz CT molecular complexity index is 2030. The number of esters is 2. The van der Waals surface area contributed by atoms with Gasteiger partial charge in [0, 0.05) is 12.8 Å². The van der Waals surface area contributed by atoms with E-state index in [2.05, 4.69) is 0 Å². The number of nitrogens with zero attached hydrogens (tertiary/aromatic N) is 1. The summed E-state index contributed by atoms with van der Waals surface area (Å²) in [7, 11) is 0. The van der Waals surface area contributed by atoms with E-state index in [0.29, 0.717) is 33.4 Å². The molecule has 0 saturated heterocycles. The minimum Gasteiger partial charge on any atom is -0.459 e. The van der Waals surface area contributed by atoms with E-state index < -0.39 is 47.9 Å². The van der Waals surface area contributed by atoms with Crippen molar-refractivity contribution in [3.05, 3.63) is 215 Å². The van der Waals surface area contributed by atoms with Gasteiger partial charge in [-0.15, -0.1) is 0 Å². The zero-order valence-corrected chi connectivity index (χ0v) is 30.7. The van der Waals surface area contributed by atoms with Crippen LogP contribution in [0.1, 0.15) is 46.2 Å². The molecule has 0 saturated carbocycles. The summed E-state index contributed by atoms with van der Waals surface area (Å²) >= 11 is 0. The molecule has 0 aromatic heterocycles. The molecular formula is C47H42N2O7. The molecule has 0 bridgehead atoms. The first kappa shape index (κ1) is 38.7. The zero-order valence-electron chi connectivity index (χ0n) is 30.7. The second-order valence-corrected chi connectivity index (χ2v) is 13.1. The molecule has 0 radical (unpaired) electrons. The van der Waals surface area contributed by atoms with E-state index in [1.807, 2.05) is 48.5 Å². The van der Waals surface area contributed by atoms with Crippen molar-refractivity contribution in [2.45, 2.75) is 43.7 Å². The Morgan fingerprint density at radius 3 is 1.07 bits per heavy atom. The van der Waals surface area contributed by atoms with Crippen LogP contribution in [0.4, 0.5) is 4.79 Å². The van der Waals surface area contributed by atoms with Gasteiger partial charge in [-0.1, -0.05) is 182 Å². The quantitative estimate of drug-likeness (QED) is 0.0459. The summed E-state index contributed by atoms with van der Waals surface area (Å²) in [4.78, 5) is 60.1. The number of primary amides is 1. The van der Waals surface area contributed by atoms with Gasteiger partial charge in [-0.05, 0) is 33.4 Å². The van der Waals surface area contributed by atoms with Crippen LogP contribution < -0.4 is 5.73 Å². The highest BCUT2D eigenvalue weighted by Crippen LogP contribution is 2.48. The normalized spacial score (nSPS) is 11.2. The van der Waals surface area contributed by atoms with Crippen LogP contribution in [0.15, 0.2) is 182 Å². The highest BCUT2D eigenvalue weighted by atomic mass is 16.6. The lowest BCUT2D eigenvalue weighted by Crippen LogP contribution is -2.70. The number of rotatable bonds is 16. The van der Waals surface area contributed by atoms with Crippen LogP contribution in [0.5, 0.6) is 0 Å². The van der Waals surface area contributed by atoms with Crippen molar-refractivity contribution in [2.24, 2.45) is 5.73 Å². The van der Waals surface area contributed by atoms with Gasteiger partial charge in [-0.25, -0.2) is 14.4 Å². The molecule has 6 aromatic rings. The lowest BCUT2D eigenvalue weighted by Gasteiger charge is -2.51. The van der Waals surface area contributed by atoms with Gasteiger partial charge in [0.2, 0.25) is 11.4 Å². The topological polar surface area (TPSA) is 125 Å². The summed E-state index contributed by atoms with van der Waals surface area (Å²) in [6, 6.07) is 54.0. The fraction of sp³-hybridized carbons (Fsp3) is 0.149.